The molecule has 0 rings (SSSR count). The van der Waals surface area contributed by atoms with Crippen molar-refractivity contribution in [2.45, 2.75) is 58.5 Å². The van der Waals surface area contributed by atoms with Crippen LogP contribution in [0.4, 0.5) is 0 Å². The molecule has 0 heterocycles. The summed E-state index contributed by atoms with van der Waals surface area (Å²) in [6.07, 6.45) is 9.40. The molecule has 0 amide bonds. The van der Waals surface area contributed by atoms with Crippen LogP contribution in [-0.4, -0.2) is 11.2 Å². The molecule has 1 radical (unpaired) electrons. The van der Waals surface area contributed by atoms with Crippen LogP contribution in [0.3, 0.4) is 0 Å². The van der Waals surface area contributed by atoms with Gasteiger partial charge in [0.2, 0.25) is 0 Å². The topological polar surface area (TPSA) is 20.2 Å². The summed E-state index contributed by atoms with van der Waals surface area (Å²) in [4.78, 5) is 0. The number of aliphatic hydroxyl groups excluding tert-OH is 1. The van der Waals surface area contributed by atoms with Crippen LogP contribution >= 0.6 is 0 Å². The molecule has 11 heavy (non-hydrogen) atoms. The van der Waals surface area contributed by atoms with Crippen molar-refractivity contribution in [2.24, 2.45) is 0 Å². The first kappa shape index (κ1) is 11.0. The van der Waals surface area contributed by atoms with Crippen LogP contribution < -0.4 is 0 Å². The minimum absolute atomic E-state index is 0.221. The van der Waals surface area contributed by atoms with E-state index >= 15 is 0 Å². The Morgan fingerprint density at radius 2 is 1.82 bits per heavy atom. The Labute approximate surface area is 70.8 Å². The molecule has 0 aromatic heterocycles. The van der Waals surface area contributed by atoms with Crippen molar-refractivity contribution in [3.8, 4) is 0 Å². The third kappa shape index (κ3) is 9.96. The monoisotopic (exact) mass is 157 g/mol. The first-order valence-electron chi connectivity index (χ1n) is 4.78. The van der Waals surface area contributed by atoms with Gasteiger partial charge in [0.15, 0.2) is 0 Å². The van der Waals surface area contributed by atoms with E-state index in [4.69, 9.17) is 5.11 Å². The summed E-state index contributed by atoms with van der Waals surface area (Å²) in [5, 5.41) is 8.90. The average molecular weight is 157 g/mol. The fraction of sp³-hybridized carbons (Fsp3) is 0.900. The Hall–Kier alpha value is -0.0400. The molecule has 1 N–H and O–H groups in total. The lowest BCUT2D eigenvalue weighted by molar-refractivity contribution is 0.222. The van der Waals surface area contributed by atoms with E-state index in [0.29, 0.717) is 0 Å². The molecule has 0 bridgehead atoms. The van der Waals surface area contributed by atoms with Gasteiger partial charge in [-0.3, -0.25) is 0 Å². The van der Waals surface area contributed by atoms with Crippen molar-refractivity contribution < 1.29 is 5.11 Å². The summed E-state index contributed by atoms with van der Waals surface area (Å²) in [6, 6.07) is 0. The highest BCUT2D eigenvalue weighted by molar-refractivity contribution is 4.70. The van der Waals surface area contributed by atoms with Gasteiger partial charge >= 0.3 is 0 Å². The van der Waals surface area contributed by atoms with E-state index in [1.54, 1.807) is 0 Å². The summed E-state index contributed by atoms with van der Waals surface area (Å²) in [5.41, 5.74) is 0. The molecule has 0 aromatic rings. The summed E-state index contributed by atoms with van der Waals surface area (Å²) in [5.74, 6) is 0. The normalized spacial score (nSPS) is 13.4. The minimum Gasteiger partial charge on any atom is -0.393 e. The lowest BCUT2D eigenvalue weighted by atomic mass is 10.1. The van der Waals surface area contributed by atoms with Crippen molar-refractivity contribution in [3.05, 3.63) is 6.42 Å². The van der Waals surface area contributed by atoms with Crippen LogP contribution in [0.15, 0.2) is 0 Å². The van der Waals surface area contributed by atoms with E-state index in [9.17, 15) is 0 Å². The third-order valence-electron chi connectivity index (χ3n) is 1.82. The van der Waals surface area contributed by atoms with Gasteiger partial charge in [-0.2, -0.15) is 0 Å². The predicted molar refractivity (Wildman–Crippen MR) is 49.4 cm³/mol. The zero-order valence-electron chi connectivity index (χ0n) is 7.84. The van der Waals surface area contributed by atoms with Gasteiger partial charge in [0.05, 0.1) is 6.10 Å². The molecular weight excluding hydrogens is 136 g/mol. The van der Waals surface area contributed by atoms with Crippen LogP contribution in [0.5, 0.6) is 0 Å². The van der Waals surface area contributed by atoms with E-state index in [1.165, 1.54) is 32.1 Å². The minimum atomic E-state index is -0.221. The van der Waals surface area contributed by atoms with Gasteiger partial charge in [0, 0.05) is 0 Å². The van der Waals surface area contributed by atoms with Gasteiger partial charge in [-0.05, 0) is 19.8 Å². The summed E-state index contributed by atoms with van der Waals surface area (Å²) >= 11 is 0. The zero-order valence-corrected chi connectivity index (χ0v) is 7.84. The second kappa shape index (κ2) is 8.06. The predicted octanol–water partition coefficient (Wildman–Crippen LogP) is 2.93. The van der Waals surface area contributed by atoms with Crippen LogP contribution in [-0.2, 0) is 0 Å². The Morgan fingerprint density at radius 3 is 2.36 bits per heavy atom. The van der Waals surface area contributed by atoms with Crippen molar-refractivity contribution in [1.29, 1.82) is 0 Å². The Balaban J connectivity index is 2.80. The smallest absolute Gasteiger partial charge is 0.0543 e. The molecule has 0 saturated heterocycles. The molecule has 0 aromatic carbocycles. The van der Waals surface area contributed by atoms with Crippen molar-refractivity contribution in [1.82, 2.24) is 0 Å². The quantitative estimate of drug-likeness (QED) is 0.563. The van der Waals surface area contributed by atoms with Gasteiger partial charge in [-0.1, -0.05) is 39.0 Å². The molecule has 1 unspecified atom stereocenters. The van der Waals surface area contributed by atoms with E-state index < -0.39 is 0 Å². The van der Waals surface area contributed by atoms with E-state index in [1.807, 2.05) is 13.3 Å². The molecule has 1 nitrogen and oxygen atoms in total. The number of rotatable bonds is 7. The highest BCUT2D eigenvalue weighted by atomic mass is 16.3. The summed E-state index contributed by atoms with van der Waals surface area (Å²) in [7, 11) is 0. The summed E-state index contributed by atoms with van der Waals surface area (Å²) in [6.45, 7) is 4.04. The molecule has 0 aliphatic carbocycles. The van der Waals surface area contributed by atoms with Crippen LogP contribution in [0, 0.1) is 6.42 Å². The van der Waals surface area contributed by atoms with Gasteiger partial charge in [-0.15, -0.1) is 0 Å². The van der Waals surface area contributed by atoms with Gasteiger partial charge in [0.1, 0.15) is 0 Å². The Kier molecular flexibility index (Phi) is 8.03. The number of hydrogen-bond acceptors (Lipinski definition) is 1. The lowest BCUT2D eigenvalue weighted by Crippen LogP contribution is -1.99. The van der Waals surface area contributed by atoms with E-state index in [-0.39, 0.29) is 6.10 Å². The van der Waals surface area contributed by atoms with Crippen molar-refractivity contribution >= 4 is 0 Å². The molecule has 67 valence electrons. The fourth-order valence-electron chi connectivity index (χ4n) is 1.11. The van der Waals surface area contributed by atoms with E-state index in [2.05, 4.69) is 6.92 Å². The van der Waals surface area contributed by atoms with Crippen LogP contribution in [0.2, 0.25) is 0 Å². The highest BCUT2D eigenvalue weighted by Gasteiger charge is 1.95. The molecular formula is C10H21O. The second-order valence-electron chi connectivity index (χ2n) is 3.18. The number of aliphatic hydroxyl groups is 1. The first-order valence-corrected chi connectivity index (χ1v) is 4.78. The lowest BCUT2D eigenvalue weighted by Gasteiger charge is -2.02. The third-order valence-corrected chi connectivity index (χ3v) is 1.82. The first-order chi connectivity index (χ1) is 5.27. The van der Waals surface area contributed by atoms with Crippen LogP contribution in [0.25, 0.3) is 0 Å². The van der Waals surface area contributed by atoms with Crippen molar-refractivity contribution in [3.63, 3.8) is 0 Å². The molecule has 0 aliphatic heterocycles. The number of unbranched alkanes of at least 4 members (excludes halogenated alkanes) is 5. The Morgan fingerprint density at radius 1 is 1.18 bits per heavy atom. The fourth-order valence-corrected chi connectivity index (χ4v) is 1.11. The maximum atomic E-state index is 8.90. The second-order valence-corrected chi connectivity index (χ2v) is 3.18. The molecule has 0 spiro atoms. The van der Waals surface area contributed by atoms with Gasteiger partial charge < -0.3 is 5.11 Å². The molecule has 0 saturated carbocycles. The Bertz CT molecular complexity index is 69.3. The molecule has 0 fully saturated rings. The van der Waals surface area contributed by atoms with Gasteiger partial charge in [0.25, 0.3) is 0 Å². The average Bonchev–Trinajstić information content (AvgIpc) is 1.96. The molecule has 1 heteroatoms. The zero-order chi connectivity index (χ0) is 8.53. The molecule has 1 atom stereocenters. The van der Waals surface area contributed by atoms with Gasteiger partial charge in [-0.25, -0.2) is 0 Å². The number of hydrogen-bond donors (Lipinski definition) is 1. The molecule has 0 aliphatic rings. The van der Waals surface area contributed by atoms with E-state index in [0.717, 1.165) is 6.42 Å². The SMILES string of the molecule is CCCCCCC[CH]C(C)O. The van der Waals surface area contributed by atoms with Crippen LogP contribution in [0.1, 0.15) is 52.4 Å². The van der Waals surface area contributed by atoms with Crippen molar-refractivity contribution in [2.75, 3.05) is 0 Å². The maximum absolute atomic E-state index is 8.90. The largest absolute Gasteiger partial charge is 0.393 e. The summed E-state index contributed by atoms with van der Waals surface area (Å²) < 4.78 is 0. The highest BCUT2D eigenvalue weighted by Crippen LogP contribution is 2.07. The maximum Gasteiger partial charge on any atom is 0.0543 e. The standard InChI is InChI=1S/C10H21O/c1-3-4-5-6-7-8-9-10(2)11/h9-11H,3-8H2,1-2H3.